The lowest BCUT2D eigenvalue weighted by Crippen LogP contribution is -1.49. The zero-order valence-corrected chi connectivity index (χ0v) is 3.23. The van der Waals surface area contributed by atoms with Crippen LogP contribution in [0, 0.1) is 6.07 Å². The maximum absolute atomic E-state index is 6.98. The van der Waals surface area contributed by atoms with Crippen molar-refractivity contribution in [1.82, 2.24) is 0 Å². The molecule has 6 heavy (non-hydrogen) atoms. The molecule has 1 aromatic rings. The van der Waals surface area contributed by atoms with Crippen LogP contribution in [-0.4, -0.2) is 0 Å². The highest BCUT2D eigenvalue weighted by molar-refractivity contribution is 4.97. The molecule has 0 saturated carbocycles. The molecule has 0 unspecified atom stereocenters. The molecule has 0 atom stereocenters. The van der Waals surface area contributed by atoms with Gasteiger partial charge in [-0.1, -0.05) is 30.3 Å². The molecule has 1 radical (unpaired) electrons. The summed E-state index contributed by atoms with van der Waals surface area (Å²) in [7, 11) is 0. The van der Waals surface area contributed by atoms with Gasteiger partial charge in [-0.2, -0.15) is 0 Å². The maximum atomic E-state index is 6.98. The van der Waals surface area contributed by atoms with E-state index in [1.54, 1.807) is 12.1 Å². The van der Waals surface area contributed by atoms with Crippen molar-refractivity contribution in [3.05, 3.63) is 36.4 Å². The van der Waals surface area contributed by atoms with E-state index in [-0.39, 0.29) is 0 Å². The second-order valence-electron chi connectivity index (χ2n) is 0.933. The second kappa shape index (κ2) is 1.61. The highest BCUT2D eigenvalue weighted by Crippen LogP contribution is 1.78. The van der Waals surface area contributed by atoms with Gasteiger partial charge in [-0.05, 0) is 6.07 Å². The van der Waals surface area contributed by atoms with E-state index in [9.17, 15) is 0 Å². The van der Waals surface area contributed by atoms with Crippen molar-refractivity contribution in [2.75, 3.05) is 0 Å². The molecule has 0 bridgehead atoms. The van der Waals surface area contributed by atoms with Gasteiger partial charge < -0.3 is 0 Å². The van der Waals surface area contributed by atoms with Crippen LogP contribution in [0.2, 0.25) is 0 Å². The van der Waals surface area contributed by atoms with Crippen LogP contribution >= 0.6 is 0 Å². The van der Waals surface area contributed by atoms with Crippen molar-refractivity contribution in [1.29, 1.82) is 0 Å². The van der Waals surface area contributed by atoms with Gasteiger partial charge in [0.2, 0.25) is 0 Å². The molecule has 0 aliphatic carbocycles. The van der Waals surface area contributed by atoms with Gasteiger partial charge in [-0.15, -0.1) is 0 Å². The first kappa shape index (κ1) is 1.78. The van der Waals surface area contributed by atoms with Gasteiger partial charge in [-0.3, -0.25) is 0 Å². The van der Waals surface area contributed by atoms with E-state index in [0.29, 0.717) is 12.1 Å². The van der Waals surface area contributed by atoms with Gasteiger partial charge in [0.25, 0.3) is 0 Å². The fourth-order valence-electron chi connectivity index (χ4n) is 0.269. The first-order valence-corrected chi connectivity index (χ1v) is 1.74. The maximum Gasteiger partial charge on any atom is 0.0629 e. The summed E-state index contributed by atoms with van der Waals surface area (Å²) >= 11 is 0. The number of benzene rings is 1. The van der Waals surface area contributed by atoms with E-state index < -0.39 is 0 Å². The molecule has 29 valence electrons. The summed E-state index contributed by atoms with van der Waals surface area (Å²) in [5.74, 6) is 0. The lowest BCUT2D eigenvalue weighted by Gasteiger charge is -1.68. The average Bonchev–Trinajstić information content (AvgIpc) is 1.77. The molecular formula is C6H5. The lowest BCUT2D eigenvalue weighted by molar-refractivity contribution is 1.70. The molecule has 0 aliphatic heterocycles. The zero-order valence-electron chi connectivity index (χ0n) is 5.23. The molecule has 0 saturated heterocycles. The Kier molecular flexibility index (Phi) is 0.477. The third-order valence-electron chi connectivity index (χ3n) is 0.502. The Hall–Kier alpha value is -0.780. The van der Waals surface area contributed by atoms with Gasteiger partial charge in [-0.25, -0.2) is 0 Å². The van der Waals surface area contributed by atoms with Crippen LogP contribution in [0.15, 0.2) is 30.3 Å². The molecular weight excluding hydrogens is 72.1 g/mol. The van der Waals surface area contributed by atoms with Crippen molar-refractivity contribution in [3.8, 4) is 0 Å². The predicted molar refractivity (Wildman–Crippen MR) is 25.3 cm³/mol. The Bertz CT molecular complexity index is 145. The van der Waals surface area contributed by atoms with Crippen LogP contribution in [0.25, 0.3) is 0 Å². The van der Waals surface area contributed by atoms with Gasteiger partial charge in [0.05, 0.1) is 2.74 Å². The van der Waals surface area contributed by atoms with E-state index in [1.807, 2.05) is 0 Å². The van der Waals surface area contributed by atoms with Crippen molar-refractivity contribution in [2.45, 2.75) is 0 Å². The van der Waals surface area contributed by atoms with Crippen molar-refractivity contribution in [3.63, 3.8) is 0 Å². The largest absolute Gasteiger partial charge is 0.0629 e. The molecule has 0 fully saturated rings. The summed E-state index contributed by atoms with van der Waals surface area (Å²) in [5, 5.41) is 0. The van der Waals surface area contributed by atoms with Gasteiger partial charge >= 0.3 is 0 Å². The summed E-state index contributed by atoms with van der Waals surface area (Å²) in [5.41, 5.74) is 0. The van der Waals surface area contributed by atoms with Crippen LogP contribution in [0.1, 0.15) is 2.74 Å². The molecule has 0 spiro atoms. The Morgan fingerprint density at radius 3 is 3.00 bits per heavy atom. The van der Waals surface area contributed by atoms with Crippen LogP contribution in [0.4, 0.5) is 0 Å². The van der Waals surface area contributed by atoms with E-state index in [1.165, 1.54) is 6.07 Å². The van der Waals surface area contributed by atoms with Crippen molar-refractivity contribution < 1.29 is 2.74 Å². The molecule has 0 heteroatoms. The number of hydrogen-bond acceptors (Lipinski definition) is 0. The van der Waals surface area contributed by atoms with Crippen LogP contribution in [0.3, 0.4) is 0 Å². The van der Waals surface area contributed by atoms with E-state index in [0.717, 1.165) is 0 Å². The first-order valence-electron chi connectivity index (χ1n) is 2.74. The molecule has 1 rings (SSSR count). The molecule has 0 amide bonds. The Labute approximate surface area is 40.2 Å². The molecule has 0 heterocycles. The molecule has 0 nitrogen and oxygen atoms in total. The standard InChI is InChI=1S/C6H5/c1-2-4-6-5-3-1/h1-5H/i2D,5D. The smallest absolute Gasteiger partial charge is 0.0622 e. The molecule has 0 aromatic heterocycles. The van der Waals surface area contributed by atoms with Gasteiger partial charge in [0.15, 0.2) is 0 Å². The molecule has 0 aliphatic rings. The molecule has 1 aromatic carbocycles. The van der Waals surface area contributed by atoms with Gasteiger partial charge in [0, 0.05) is 0 Å². The lowest BCUT2D eigenvalue weighted by atomic mass is 10.4. The fourth-order valence-corrected chi connectivity index (χ4v) is 0.269. The minimum absolute atomic E-state index is 0.334. The summed E-state index contributed by atoms with van der Waals surface area (Å²) in [6.45, 7) is 0. The number of hydrogen-bond donors (Lipinski definition) is 0. The molecule has 0 N–H and O–H groups in total. The third kappa shape index (κ3) is 0.582. The summed E-state index contributed by atoms with van der Waals surface area (Å²) in [6.07, 6.45) is 0. The second-order valence-corrected chi connectivity index (χ2v) is 0.933. The summed E-state index contributed by atoms with van der Waals surface area (Å²) in [4.78, 5) is 0. The zero-order chi connectivity index (χ0) is 5.98. The van der Waals surface area contributed by atoms with Gasteiger partial charge in [0.1, 0.15) is 0 Å². The highest BCUT2D eigenvalue weighted by Gasteiger charge is 1.58. The van der Waals surface area contributed by atoms with Crippen molar-refractivity contribution in [2.24, 2.45) is 0 Å². The predicted octanol–water partition coefficient (Wildman–Crippen LogP) is 1.49. The highest BCUT2D eigenvalue weighted by atomic mass is 13.6. The fraction of sp³-hybridized carbons (Fsp3) is 0. The summed E-state index contributed by atoms with van der Waals surface area (Å²) < 4.78 is 13.9. The minimum Gasteiger partial charge on any atom is -0.0622 e. The van der Waals surface area contributed by atoms with E-state index in [2.05, 4.69) is 6.07 Å². The average molecular weight is 79.1 g/mol. The van der Waals surface area contributed by atoms with Crippen LogP contribution in [0.5, 0.6) is 0 Å². The van der Waals surface area contributed by atoms with Crippen molar-refractivity contribution >= 4 is 0 Å². The number of rotatable bonds is 0. The van der Waals surface area contributed by atoms with Crippen LogP contribution < -0.4 is 0 Å². The third-order valence-corrected chi connectivity index (χ3v) is 0.502. The normalized spacial score (nSPS) is 12.7. The Balaban J connectivity index is 3.03. The van der Waals surface area contributed by atoms with E-state index in [4.69, 9.17) is 2.74 Å². The quantitative estimate of drug-likeness (QED) is 0.442. The monoisotopic (exact) mass is 79.1 g/mol. The minimum atomic E-state index is 0.334. The topological polar surface area (TPSA) is 0 Å². The Morgan fingerprint density at radius 1 is 1.50 bits per heavy atom. The van der Waals surface area contributed by atoms with E-state index >= 15 is 0 Å². The Morgan fingerprint density at radius 2 is 2.50 bits per heavy atom. The van der Waals surface area contributed by atoms with Crippen LogP contribution in [-0.2, 0) is 0 Å². The first-order chi connectivity index (χ1) is 3.79. The summed E-state index contributed by atoms with van der Waals surface area (Å²) in [6, 6.07) is 7.90. The SMILES string of the molecule is [2H]c1[c]cc([2H])cc1.